The van der Waals surface area contributed by atoms with Crippen LogP contribution in [-0.2, 0) is 28.6 Å². The maximum Gasteiger partial charge on any atom is 0.362 e. The SMILES string of the molecule is CC/C=C/C/C=C/C/C=C/C/C=C/CCCCCCCCCC(=O)OCC(COCCC(C(=O)O)[N+](C)(C)C)OC(=O)CCCCCCC/C=C/CCCCCCCCCCC. The molecule has 0 saturated heterocycles. The molecule has 0 fully saturated rings. The lowest BCUT2D eigenvalue weighted by Crippen LogP contribution is -2.50. The molecule has 1 N–H and O–H groups in total. The van der Waals surface area contributed by atoms with Crippen molar-refractivity contribution in [3.05, 3.63) is 60.8 Å². The number of carbonyl (C=O) groups is 3. The van der Waals surface area contributed by atoms with Gasteiger partial charge in [0.1, 0.15) is 6.61 Å². The average Bonchev–Trinajstić information content (AvgIpc) is 3.23. The van der Waals surface area contributed by atoms with Crippen LogP contribution in [0, 0.1) is 0 Å². The van der Waals surface area contributed by atoms with Gasteiger partial charge in [0.05, 0.1) is 34.4 Å². The molecule has 0 aromatic carbocycles. The number of hydrogen-bond donors (Lipinski definition) is 1. The molecule has 2 atom stereocenters. The first-order chi connectivity index (χ1) is 30.1. The molecule has 8 heteroatoms. The molecule has 0 aromatic heterocycles. The maximum absolute atomic E-state index is 12.8. The smallest absolute Gasteiger partial charge is 0.362 e. The van der Waals surface area contributed by atoms with E-state index in [0.29, 0.717) is 19.3 Å². The van der Waals surface area contributed by atoms with E-state index in [0.717, 1.165) is 83.5 Å². The summed E-state index contributed by atoms with van der Waals surface area (Å²) in [6.45, 7) is 4.62. The van der Waals surface area contributed by atoms with Crippen LogP contribution in [0.5, 0.6) is 0 Å². The molecule has 0 aliphatic rings. The zero-order chi connectivity index (χ0) is 45.6. The van der Waals surface area contributed by atoms with Gasteiger partial charge in [0.2, 0.25) is 0 Å². The van der Waals surface area contributed by atoms with E-state index in [1.165, 1.54) is 96.3 Å². The second-order valence-corrected chi connectivity index (χ2v) is 18.0. The number of hydrogen-bond acceptors (Lipinski definition) is 6. The van der Waals surface area contributed by atoms with Gasteiger partial charge in [0.25, 0.3) is 0 Å². The van der Waals surface area contributed by atoms with Crippen LogP contribution in [0.25, 0.3) is 0 Å². The van der Waals surface area contributed by atoms with Gasteiger partial charge in [-0.2, -0.15) is 0 Å². The Morgan fingerprint density at radius 2 is 0.903 bits per heavy atom. The normalized spacial score (nSPS) is 13.4. The summed E-state index contributed by atoms with van der Waals surface area (Å²) in [5.41, 5.74) is 0. The Morgan fingerprint density at radius 3 is 1.35 bits per heavy atom. The zero-order valence-corrected chi connectivity index (χ0v) is 40.8. The quantitative estimate of drug-likeness (QED) is 0.0282. The Morgan fingerprint density at radius 1 is 0.500 bits per heavy atom. The molecule has 0 saturated carbocycles. The molecule has 0 aliphatic carbocycles. The Hall–Kier alpha value is -2.97. The first-order valence-corrected chi connectivity index (χ1v) is 25.3. The molecular formula is C54H96NO7+. The number of quaternary nitrogens is 1. The Labute approximate surface area is 381 Å². The van der Waals surface area contributed by atoms with Crippen molar-refractivity contribution in [3.63, 3.8) is 0 Å². The van der Waals surface area contributed by atoms with Crippen molar-refractivity contribution in [3.8, 4) is 0 Å². The van der Waals surface area contributed by atoms with E-state index in [1.54, 1.807) is 0 Å². The van der Waals surface area contributed by atoms with E-state index >= 15 is 0 Å². The summed E-state index contributed by atoms with van der Waals surface area (Å²) < 4.78 is 17.3. The second-order valence-electron chi connectivity index (χ2n) is 18.0. The van der Waals surface area contributed by atoms with Gasteiger partial charge in [-0.3, -0.25) is 9.59 Å². The Kier molecular flexibility index (Phi) is 42.5. The summed E-state index contributed by atoms with van der Waals surface area (Å²) in [6.07, 6.45) is 55.5. The molecule has 0 radical (unpaired) electrons. The van der Waals surface area contributed by atoms with Crippen molar-refractivity contribution in [1.82, 2.24) is 0 Å². The van der Waals surface area contributed by atoms with Gasteiger partial charge in [-0.15, -0.1) is 0 Å². The molecular weight excluding hydrogens is 775 g/mol. The van der Waals surface area contributed by atoms with Gasteiger partial charge < -0.3 is 23.8 Å². The minimum atomic E-state index is -0.878. The number of rotatable bonds is 45. The fraction of sp³-hybridized carbons (Fsp3) is 0.759. The van der Waals surface area contributed by atoms with Crippen molar-refractivity contribution >= 4 is 17.9 Å². The highest BCUT2D eigenvalue weighted by Gasteiger charge is 2.31. The standard InChI is InChI=1S/C54H95NO7/c1-6-8-10-12-14-16-18-20-22-24-26-27-29-30-32-34-36-38-40-42-44-52(56)61-49-50(48-60-47-46-51(54(58)59)55(3,4)5)62-53(57)45-43-41-39-37-35-33-31-28-25-23-21-19-17-15-13-11-9-7-2/h8,10,14,16,20,22,26-28,31,50-51H,6-7,9,11-13,15,17-19,21,23-25,29-30,32-49H2,1-5H3/p+1/b10-8+,16-14+,22-20+,27-26+,31-28+. The lowest BCUT2D eigenvalue weighted by molar-refractivity contribution is -0.887. The maximum atomic E-state index is 12.8. The van der Waals surface area contributed by atoms with E-state index in [9.17, 15) is 19.5 Å². The minimum Gasteiger partial charge on any atom is -0.477 e. The molecule has 62 heavy (non-hydrogen) atoms. The largest absolute Gasteiger partial charge is 0.477 e. The lowest BCUT2D eigenvalue weighted by Gasteiger charge is -2.31. The summed E-state index contributed by atoms with van der Waals surface area (Å²) in [4.78, 5) is 37.1. The van der Waals surface area contributed by atoms with E-state index in [1.807, 2.05) is 21.1 Å². The van der Waals surface area contributed by atoms with Crippen LogP contribution in [-0.4, -0.2) is 80.6 Å². The van der Waals surface area contributed by atoms with Crippen LogP contribution in [0.3, 0.4) is 0 Å². The molecule has 0 spiro atoms. The van der Waals surface area contributed by atoms with Crippen molar-refractivity contribution in [2.24, 2.45) is 0 Å². The number of ether oxygens (including phenoxy) is 3. The van der Waals surface area contributed by atoms with Gasteiger partial charge >= 0.3 is 17.9 Å². The first kappa shape index (κ1) is 59.0. The highest BCUT2D eigenvalue weighted by Crippen LogP contribution is 2.15. The van der Waals surface area contributed by atoms with Crippen LogP contribution in [0.2, 0.25) is 0 Å². The topological polar surface area (TPSA) is 99.1 Å². The fourth-order valence-electron chi connectivity index (χ4n) is 7.25. The van der Waals surface area contributed by atoms with Gasteiger partial charge in [0.15, 0.2) is 12.1 Å². The molecule has 0 aliphatic heterocycles. The number of carboxylic acid groups (broad SMARTS) is 1. The fourth-order valence-corrected chi connectivity index (χ4v) is 7.25. The number of unbranched alkanes of at least 4 members (excludes halogenated alkanes) is 21. The van der Waals surface area contributed by atoms with E-state index in [2.05, 4.69) is 74.6 Å². The highest BCUT2D eigenvalue weighted by atomic mass is 16.6. The number of nitrogens with zero attached hydrogens (tertiary/aromatic N) is 1. The average molecular weight is 871 g/mol. The summed E-state index contributed by atoms with van der Waals surface area (Å²) >= 11 is 0. The van der Waals surface area contributed by atoms with Gasteiger partial charge in [-0.05, 0) is 77.0 Å². The van der Waals surface area contributed by atoms with E-state index < -0.39 is 18.1 Å². The molecule has 8 nitrogen and oxygen atoms in total. The van der Waals surface area contributed by atoms with Crippen LogP contribution in [0.15, 0.2) is 60.8 Å². The predicted molar refractivity (Wildman–Crippen MR) is 261 cm³/mol. The number of carboxylic acids is 1. The molecule has 0 rings (SSSR count). The van der Waals surface area contributed by atoms with Crippen molar-refractivity contribution in [1.29, 1.82) is 0 Å². The third-order valence-corrected chi connectivity index (χ3v) is 11.2. The van der Waals surface area contributed by atoms with Gasteiger partial charge in [-0.1, -0.05) is 177 Å². The summed E-state index contributed by atoms with van der Waals surface area (Å²) in [5, 5.41) is 9.65. The number of aliphatic carboxylic acids is 1. The predicted octanol–water partition coefficient (Wildman–Crippen LogP) is 14.5. The molecule has 2 unspecified atom stereocenters. The van der Waals surface area contributed by atoms with Crippen LogP contribution in [0.4, 0.5) is 0 Å². The molecule has 0 aromatic rings. The minimum absolute atomic E-state index is 0.0530. The zero-order valence-electron chi connectivity index (χ0n) is 40.8. The van der Waals surface area contributed by atoms with Gasteiger partial charge in [0, 0.05) is 19.3 Å². The van der Waals surface area contributed by atoms with Crippen LogP contribution < -0.4 is 0 Å². The monoisotopic (exact) mass is 871 g/mol. The molecule has 0 amide bonds. The lowest BCUT2D eigenvalue weighted by atomic mass is 10.1. The first-order valence-electron chi connectivity index (χ1n) is 25.3. The van der Waals surface area contributed by atoms with Gasteiger partial charge in [-0.25, -0.2) is 4.79 Å². The third kappa shape index (κ3) is 42.3. The van der Waals surface area contributed by atoms with E-state index in [-0.39, 0.29) is 36.2 Å². The highest BCUT2D eigenvalue weighted by molar-refractivity contribution is 5.72. The number of esters is 2. The molecule has 358 valence electrons. The number of allylic oxidation sites excluding steroid dienone is 10. The number of carbonyl (C=O) groups excluding carboxylic acids is 2. The van der Waals surface area contributed by atoms with Crippen molar-refractivity contribution in [2.45, 2.75) is 225 Å². The van der Waals surface area contributed by atoms with Crippen LogP contribution >= 0.6 is 0 Å². The molecule has 0 heterocycles. The molecule has 0 bridgehead atoms. The Bertz CT molecular complexity index is 1200. The van der Waals surface area contributed by atoms with Crippen molar-refractivity contribution in [2.75, 3.05) is 41.0 Å². The third-order valence-electron chi connectivity index (χ3n) is 11.2. The summed E-state index contributed by atoms with van der Waals surface area (Å²) in [5.74, 6) is -1.49. The summed E-state index contributed by atoms with van der Waals surface area (Å²) in [6, 6.07) is -0.620. The second kappa shape index (κ2) is 44.6. The van der Waals surface area contributed by atoms with Crippen molar-refractivity contribution < 1.29 is 38.2 Å². The summed E-state index contributed by atoms with van der Waals surface area (Å²) in [7, 11) is 5.53. The Balaban J connectivity index is 4.29. The van der Waals surface area contributed by atoms with E-state index in [4.69, 9.17) is 14.2 Å². The number of likely N-dealkylation sites (N-methyl/N-ethyl adjacent to an activating group) is 1. The van der Waals surface area contributed by atoms with Crippen LogP contribution in [0.1, 0.15) is 213 Å².